The molecule has 0 radical (unpaired) electrons. The molecule has 0 aliphatic heterocycles. The second-order valence-corrected chi connectivity index (χ2v) is 4.61. The maximum absolute atomic E-state index is 5.56. The Balaban J connectivity index is 2.42. The second kappa shape index (κ2) is 4.77. The van der Waals surface area contributed by atoms with E-state index in [1.807, 2.05) is 0 Å². The Morgan fingerprint density at radius 2 is 2.31 bits per heavy atom. The summed E-state index contributed by atoms with van der Waals surface area (Å²) < 4.78 is 0. The van der Waals surface area contributed by atoms with Crippen molar-refractivity contribution in [3.63, 3.8) is 0 Å². The summed E-state index contributed by atoms with van der Waals surface area (Å²) in [4.78, 5) is 0. The molecule has 0 heterocycles. The summed E-state index contributed by atoms with van der Waals surface area (Å²) in [7, 11) is 0. The van der Waals surface area contributed by atoms with Gasteiger partial charge in [-0.2, -0.15) is 0 Å². The zero-order chi connectivity index (χ0) is 9.84. The molecule has 13 heavy (non-hydrogen) atoms. The Labute approximate surface area is 81.6 Å². The molecule has 1 aliphatic rings. The van der Waals surface area contributed by atoms with Crippen molar-refractivity contribution in [2.75, 3.05) is 0 Å². The van der Waals surface area contributed by atoms with Crippen LogP contribution in [-0.2, 0) is 0 Å². The van der Waals surface area contributed by atoms with E-state index in [1.54, 1.807) is 0 Å². The Morgan fingerprint density at radius 1 is 1.62 bits per heavy atom. The monoisotopic (exact) mass is 182 g/mol. The third-order valence-electron chi connectivity index (χ3n) is 3.09. The molecule has 3 atom stereocenters. The lowest BCUT2D eigenvalue weighted by atomic mass is 9.93. The van der Waals surface area contributed by atoms with E-state index in [0.29, 0.717) is 6.04 Å². The molecule has 0 aromatic heterocycles. The largest absolute Gasteiger partial charge is 0.271 e. The minimum atomic E-state index is 0.447. The highest BCUT2D eigenvalue weighted by Gasteiger charge is 2.27. The van der Waals surface area contributed by atoms with Crippen LogP contribution in [0.1, 0.15) is 39.5 Å². The van der Waals surface area contributed by atoms with Gasteiger partial charge < -0.3 is 0 Å². The quantitative estimate of drug-likeness (QED) is 0.397. The maximum atomic E-state index is 5.56. The minimum Gasteiger partial charge on any atom is -0.271 e. The van der Waals surface area contributed by atoms with Gasteiger partial charge in [0.1, 0.15) is 0 Å². The van der Waals surface area contributed by atoms with Crippen molar-refractivity contribution in [2.45, 2.75) is 45.6 Å². The van der Waals surface area contributed by atoms with E-state index in [4.69, 9.17) is 5.84 Å². The average Bonchev–Trinajstić information content (AvgIpc) is 2.47. The van der Waals surface area contributed by atoms with Crippen LogP contribution in [0.15, 0.2) is 12.2 Å². The van der Waals surface area contributed by atoms with Crippen molar-refractivity contribution in [1.82, 2.24) is 5.43 Å². The van der Waals surface area contributed by atoms with E-state index in [9.17, 15) is 0 Å². The predicted molar refractivity (Wildman–Crippen MR) is 57.0 cm³/mol. The van der Waals surface area contributed by atoms with Crippen molar-refractivity contribution in [2.24, 2.45) is 17.7 Å². The Kier molecular flexibility index (Phi) is 3.94. The summed E-state index contributed by atoms with van der Waals surface area (Å²) in [5.74, 6) is 7.20. The van der Waals surface area contributed by atoms with Gasteiger partial charge in [0, 0.05) is 6.04 Å². The number of hydrazine groups is 1. The molecular formula is C11H22N2. The van der Waals surface area contributed by atoms with E-state index in [0.717, 1.165) is 18.3 Å². The zero-order valence-corrected chi connectivity index (χ0v) is 8.84. The molecular weight excluding hydrogens is 160 g/mol. The Bertz CT molecular complexity index is 177. The second-order valence-electron chi connectivity index (χ2n) is 4.61. The summed E-state index contributed by atoms with van der Waals surface area (Å²) in [6, 6.07) is 0.447. The lowest BCUT2D eigenvalue weighted by Gasteiger charge is -2.22. The molecule has 3 N–H and O–H groups in total. The van der Waals surface area contributed by atoms with E-state index in [1.165, 1.54) is 24.8 Å². The fraction of sp³-hybridized carbons (Fsp3) is 0.818. The topological polar surface area (TPSA) is 38.0 Å². The molecule has 0 spiro atoms. The first kappa shape index (κ1) is 10.7. The molecule has 3 unspecified atom stereocenters. The summed E-state index contributed by atoms with van der Waals surface area (Å²) in [5.41, 5.74) is 4.16. The lowest BCUT2D eigenvalue weighted by Crippen LogP contribution is -2.40. The van der Waals surface area contributed by atoms with Crippen molar-refractivity contribution in [1.29, 1.82) is 0 Å². The van der Waals surface area contributed by atoms with Crippen LogP contribution in [0.3, 0.4) is 0 Å². The SMILES string of the molecule is C=C(C)CC(NN)C1CCC(C)C1. The first-order valence-corrected chi connectivity index (χ1v) is 5.24. The maximum Gasteiger partial charge on any atom is 0.0275 e. The summed E-state index contributed by atoms with van der Waals surface area (Å²) in [6.07, 6.45) is 5.03. The molecule has 0 aromatic rings. The van der Waals surface area contributed by atoms with Crippen LogP contribution in [0.4, 0.5) is 0 Å². The smallest absolute Gasteiger partial charge is 0.0275 e. The molecule has 76 valence electrons. The summed E-state index contributed by atoms with van der Waals surface area (Å²) in [5, 5.41) is 0. The number of hydrogen-bond acceptors (Lipinski definition) is 2. The van der Waals surface area contributed by atoms with Crippen LogP contribution >= 0.6 is 0 Å². The molecule has 1 aliphatic carbocycles. The molecule has 1 rings (SSSR count). The molecule has 0 saturated heterocycles. The Morgan fingerprint density at radius 3 is 2.69 bits per heavy atom. The molecule has 0 aromatic carbocycles. The van der Waals surface area contributed by atoms with Crippen LogP contribution < -0.4 is 11.3 Å². The van der Waals surface area contributed by atoms with Gasteiger partial charge in [0.2, 0.25) is 0 Å². The number of hydrogen-bond donors (Lipinski definition) is 2. The zero-order valence-electron chi connectivity index (χ0n) is 8.84. The van der Waals surface area contributed by atoms with Gasteiger partial charge >= 0.3 is 0 Å². The van der Waals surface area contributed by atoms with E-state index in [2.05, 4.69) is 25.9 Å². The van der Waals surface area contributed by atoms with E-state index < -0.39 is 0 Å². The third-order valence-corrected chi connectivity index (χ3v) is 3.09. The fourth-order valence-corrected chi connectivity index (χ4v) is 2.35. The van der Waals surface area contributed by atoms with Gasteiger partial charge in [-0.15, -0.1) is 6.58 Å². The predicted octanol–water partition coefficient (Wildman–Crippen LogP) is 2.22. The van der Waals surface area contributed by atoms with E-state index in [-0.39, 0.29) is 0 Å². The van der Waals surface area contributed by atoms with Gasteiger partial charge in [0.25, 0.3) is 0 Å². The fourth-order valence-electron chi connectivity index (χ4n) is 2.35. The Hall–Kier alpha value is -0.340. The van der Waals surface area contributed by atoms with Gasteiger partial charge in [0.15, 0.2) is 0 Å². The highest BCUT2D eigenvalue weighted by Crippen LogP contribution is 2.33. The number of rotatable bonds is 4. The minimum absolute atomic E-state index is 0.447. The van der Waals surface area contributed by atoms with Gasteiger partial charge in [0.05, 0.1) is 0 Å². The van der Waals surface area contributed by atoms with Crippen LogP contribution in [0.5, 0.6) is 0 Å². The molecule has 0 amide bonds. The van der Waals surface area contributed by atoms with Gasteiger partial charge in [-0.1, -0.05) is 18.9 Å². The van der Waals surface area contributed by atoms with Crippen LogP contribution in [0.2, 0.25) is 0 Å². The third kappa shape index (κ3) is 3.12. The first-order chi connectivity index (χ1) is 6.13. The standard InChI is InChI=1S/C11H22N2/c1-8(2)6-11(13-12)10-5-4-9(3)7-10/h9-11,13H,1,4-7,12H2,2-3H3. The van der Waals surface area contributed by atoms with Gasteiger partial charge in [-0.05, 0) is 38.0 Å². The number of nitrogens with two attached hydrogens (primary N) is 1. The molecule has 1 saturated carbocycles. The van der Waals surface area contributed by atoms with Crippen molar-refractivity contribution >= 4 is 0 Å². The van der Waals surface area contributed by atoms with Crippen molar-refractivity contribution < 1.29 is 0 Å². The first-order valence-electron chi connectivity index (χ1n) is 5.24. The van der Waals surface area contributed by atoms with E-state index >= 15 is 0 Å². The lowest BCUT2D eigenvalue weighted by molar-refractivity contribution is 0.352. The summed E-state index contributed by atoms with van der Waals surface area (Å²) in [6.45, 7) is 8.34. The molecule has 1 fully saturated rings. The molecule has 2 nitrogen and oxygen atoms in total. The average molecular weight is 182 g/mol. The van der Waals surface area contributed by atoms with Crippen LogP contribution in [0, 0.1) is 11.8 Å². The van der Waals surface area contributed by atoms with Gasteiger partial charge in [-0.3, -0.25) is 11.3 Å². The van der Waals surface area contributed by atoms with Crippen molar-refractivity contribution in [3.05, 3.63) is 12.2 Å². The highest BCUT2D eigenvalue weighted by atomic mass is 15.2. The van der Waals surface area contributed by atoms with Crippen LogP contribution in [0.25, 0.3) is 0 Å². The summed E-state index contributed by atoms with van der Waals surface area (Å²) >= 11 is 0. The molecule has 2 heteroatoms. The highest BCUT2D eigenvalue weighted by molar-refractivity contribution is 4.95. The number of nitrogens with one attached hydrogen (secondary N) is 1. The van der Waals surface area contributed by atoms with Crippen LogP contribution in [-0.4, -0.2) is 6.04 Å². The van der Waals surface area contributed by atoms with Crippen molar-refractivity contribution in [3.8, 4) is 0 Å². The molecule has 0 bridgehead atoms. The van der Waals surface area contributed by atoms with Gasteiger partial charge in [-0.25, -0.2) is 0 Å². The normalized spacial score (nSPS) is 30.4.